The van der Waals surface area contributed by atoms with Gasteiger partial charge in [-0.2, -0.15) is 5.10 Å². The lowest BCUT2D eigenvalue weighted by atomic mass is 9.97. The SMILES string of the molecule is Cc1cc(NCC(C)(C)C)n(C)n1. The van der Waals surface area contributed by atoms with Crippen LogP contribution >= 0.6 is 0 Å². The summed E-state index contributed by atoms with van der Waals surface area (Å²) in [6, 6.07) is 2.06. The molecule has 0 amide bonds. The largest absolute Gasteiger partial charge is 0.370 e. The summed E-state index contributed by atoms with van der Waals surface area (Å²) in [5.74, 6) is 1.09. The van der Waals surface area contributed by atoms with Crippen LogP contribution in [-0.4, -0.2) is 16.3 Å². The zero-order valence-electron chi connectivity index (χ0n) is 9.18. The molecule has 13 heavy (non-hydrogen) atoms. The fourth-order valence-electron chi connectivity index (χ4n) is 1.13. The smallest absolute Gasteiger partial charge is 0.124 e. The highest BCUT2D eigenvalue weighted by Gasteiger charge is 2.10. The summed E-state index contributed by atoms with van der Waals surface area (Å²) in [6.07, 6.45) is 0. The lowest BCUT2D eigenvalue weighted by Gasteiger charge is -2.19. The molecular weight excluding hydrogens is 162 g/mol. The van der Waals surface area contributed by atoms with Gasteiger partial charge in [0.15, 0.2) is 0 Å². The molecule has 3 heteroatoms. The van der Waals surface area contributed by atoms with Crippen molar-refractivity contribution >= 4 is 5.82 Å². The predicted molar refractivity (Wildman–Crippen MR) is 55.9 cm³/mol. The molecule has 1 N–H and O–H groups in total. The van der Waals surface area contributed by atoms with E-state index in [0.717, 1.165) is 18.1 Å². The van der Waals surface area contributed by atoms with Crippen molar-refractivity contribution in [3.63, 3.8) is 0 Å². The Morgan fingerprint density at radius 3 is 2.46 bits per heavy atom. The van der Waals surface area contributed by atoms with E-state index in [1.807, 2.05) is 18.7 Å². The van der Waals surface area contributed by atoms with Gasteiger partial charge in [-0.25, -0.2) is 0 Å². The Bertz CT molecular complexity index is 281. The van der Waals surface area contributed by atoms with Crippen LogP contribution in [0.25, 0.3) is 0 Å². The minimum atomic E-state index is 0.304. The highest BCUT2D eigenvalue weighted by Crippen LogP contribution is 2.15. The van der Waals surface area contributed by atoms with E-state index < -0.39 is 0 Å². The quantitative estimate of drug-likeness (QED) is 0.758. The number of aromatic nitrogens is 2. The third kappa shape index (κ3) is 3.09. The Morgan fingerprint density at radius 2 is 2.08 bits per heavy atom. The van der Waals surface area contributed by atoms with Crippen LogP contribution < -0.4 is 5.32 Å². The first kappa shape index (κ1) is 10.1. The van der Waals surface area contributed by atoms with Crippen LogP contribution in [0.5, 0.6) is 0 Å². The summed E-state index contributed by atoms with van der Waals surface area (Å²) < 4.78 is 1.88. The zero-order valence-corrected chi connectivity index (χ0v) is 9.18. The van der Waals surface area contributed by atoms with Crippen molar-refractivity contribution in [2.45, 2.75) is 27.7 Å². The van der Waals surface area contributed by atoms with Gasteiger partial charge in [-0.15, -0.1) is 0 Å². The van der Waals surface area contributed by atoms with Crippen molar-refractivity contribution in [1.29, 1.82) is 0 Å². The molecule has 0 saturated heterocycles. The molecule has 0 aromatic carbocycles. The number of hydrogen-bond donors (Lipinski definition) is 1. The summed E-state index contributed by atoms with van der Waals surface area (Å²) in [5, 5.41) is 7.64. The maximum atomic E-state index is 4.27. The molecule has 74 valence electrons. The topological polar surface area (TPSA) is 29.9 Å². The average Bonchev–Trinajstić information content (AvgIpc) is 2.24. The number of nitrogens with one attached hydrogen (secondary N) is 1. The summed E-state index contributed by atoms with van der Waals surface area (Å²) in [7, 11) is 1.96. The van der Waals surface area contributed by atoms with E-state index in [9.17, 15) is 0 Å². The van der Waals surface area contributed by atoms with Crippen molar-refractivity contribution < 1.29 is 0 Å². The number of hydrogen-bond acceptors (Lipinski definition) is 2. The maximum absolute atomic E-state index is 4.27. The molecule has 0 bridgehead atoms. The van der Waals surface area contributed by atoms with Gasteiger partial charge >= 0.3 is 0 Å². The predicted octanol–water partition coefficient (Wildman–Crippen LogP) is 2.19. The summed E-state index contributed by atoms with van der Waals surface area (Å²) in [6.45, 7) is 9.60. The van der Waals surface area contributed by atoms with E-state index in [-0.39, 0.29) is 0 Å². The van der Waals surface area contributed by atoms with Gasteiger partial charge in [-0.3, -0.25) is 4.68 Å². The molecule has 3 nitrogen and oxygen atoms in total. The van der Waals surface area contributed by atoms with E-state index in [0.29, 0.717) is 5.41 Å². The van der Waals surface area contributed by atoms with Gasteiger partial charge < -0.3 is 5.32 Å². The van der Waals surface area contributed by atoms with E-state index in [1.165, 1.54) is 0 Å². The molecular formula is C10H19N3. The second kappa shape index (κ2) is 3.40. The van der Waals surface area contributed by atoms with Crippen molar-refractivity contribution in [3.8, 4) is 0 Å². The Balaban J connectivity index is 2.59. The van der Waals surface area contributed by atoms with E-state index in [4.69, 9.17) is 0 Å². The van der Waals surface area contributed by atoms with Gasteiger partial charge in [0.2, 0.25) is 0 Å². The minimum absolute atomic E-state index is 0.304. The standard InChI is InChI=1S/C10H19N3/c1-8-6-9(13(5)12-8)11-7-10(2,3)4/h6,11H,7H2,1-5H3. The number of anilines is 1. The van der Waals surface area contributed by atoms with Gasteiger partial charge in [0, 0.05) is 19.7 Å². The summed E-state index contributed by atoms with van der Waals surface area (Å²) in [5.41, 5.74) is 1.36. The number of nitrogens with zero attached hydrogens (tertiary/aromatic N) is 2. The molecule has 0 fully saturated rings. The lowest BCUT2D eigenvalue weighted by Crippen LogP contribution is -2.20. The van der Waals surface area contributed by atoms with Crippen molar-refractivity contribution in [2.24, 2.45) is 12.5 Å². The molecule has 0 spiro atoms. The fraction of sp³-hybridized carbons (Fsp3) is 0.700. The molecule has 0 aliphatic heterocycles. The Kier molecular flexibility index (Phi) is 2.64. The molecule has 1 aromatic rings. The van der Waals surface area contributed by atoms with Gasteiger partial charge in [0.25, 0.3) is 0 Å². The van der Waals surface area contributed by atoms with Gasteiger partial charge in [-0.1, -0.05) is 20.8 Å². The first-order chi connectivity index (χ1) is 5.88. The fourth-order valence-corrected chi connectivity index (χ4v) is 1.13. The van der Waals surface area contributed by atoms with Crippen LogP contribution in [0, 0.1) is 12.3 Å². The van der Waals surface area contributed by atoms with Crippen LogP contribution in [0.1, 0.15) is 26.5 Å². The zero-order chi connectivity index (χ0) is 10.1. The Hall–Kier alpha value is -0.990. The molecule has 0 unspecified atom stereocenters. The molecule has 0 radical (unpaired) electrons. The monoisotopic (exact) mass is 181 g/mol. The van der Waals surface area contributed by atoms with Gasteiger partial charge in [0.05, 0.1) is 5.69 Å². The number of rotatable bonds is 2. The average molecular weight is 181 g/mol. The molecule has 0 saturated carbocycles. The normalized spacial score (nSPS) is 11.8. The van der Waals surface area contributed by atoms with Crippen LogP contribution in [0.4, 0.5) is 5.82 Å². The third-order valence-corrected chi connectivity index (χ3v) is 1.80. The molecule has 1 heterocycles. The highest BCUT2D eigenvalue weighted by molar-refractivity contribution is 5.36. The Morgan fingerprint density at radius 1 is 1.46 bits per heavy atom. The lowest BCUT2D eigenvalue weighted by molar-refractivity contribution is 0.441. The Labute approximate surface area is 80.1 Å². The molecule has 0 atom stereocenters. The molecule has 1 rings (SSSR count). The van der Waals surface area contributed by atoms with Crippen LogP contribution in [-0.2, 0) is 7.05 Å². The van der Waals surface area contributed by atoms with Crippen LogP contribution in [0.3, 0.4) is 0 Å². The molecule has 1 aromatic heterocycles. The minimum Gasteiger partial charge on any atom is -0.370 e. The van der Waals surface area contributed by atoms with Crippen LogP contribution in [0.2, 0.25) is 0 Å². The first-order valence-electron chi connectivity index (χ1n) is 4.63. The highest BCUT2D eigenvalue weighted by atomic mass is 15.3. The molecule has 0 aliphatic carbocycles. The number of aryl methyl sites for hydroxylation is 2. The molecule has 0 aliphatic rings. The van der Waals surface area contributed by atoms with Gasteiger partial charge in [-0.05, 0) is 12.3 Å². The maximum Gasteiger partial charge on any atom is 0.124 e. The van der Waals surface area contributed by atoms with Crippen molar-refractivity contribution in [3.05, 3.63) is 11.8 Å². The van der Waals surface area contributed by atoms with Crippen molar-refractivity contribution in [1.82, 2.24) is 9.78 Å². The van der Waals surface area contributed by atoms with Gasteiger partial charge in [0.1, 0.15) is 5.82 Å². The van der Waals surface area contributed by atoms with Crippen molar-refractivity contribution in [2.75, 3.05) is 11.9 Å². The second-order valence-electron chi connectivity index (χ2n) is 4.71. The van der Waals surface area contributed by atoms with E-state index in [1.54, 1.807) is 0 Å². The van der Waals surface area contributed by atoms with E-state index in [2.05, 4.69) is 37.3 Å². The summed E-state index contributed by atoms with van der Waals surface area (Å²) in [4.78, 5) is 0. The van der Waals surface area contributed by atoms with E-state index >= 15 is 0 Å². The van der Waals surface area contributed by atoms with Crippen LogP contribution in [0.15, 0.2) is 6.07 Å². The second-order valence-corrected chi connectivity index (χ2v) is 4.71. The first-order valence-corrected chi connectivity index (χ1v) is 4.63. The summed E-state index contributed by atoms with van der Waals surface area (Å²) >= 11 is 0. The third-order valence-electron chi connectivity index (χ3n) is 1.80.